The van der Waals surface area contributed by atoms with Crippen LogP contribution < -0.4 is 10.7 Å². The average molecular weight is 159 g/mol. The topological polar surface area (TPSA) is 44.4 Å². The molecule has 0 saturated carbocycles. The highest BCUT2D eigenvalue weighted by Gasteiger charge is 2.12. The molecule has 0 atom stereocenters. The predicted octanol–water partition coefficient (Wildman–Crippen LogP) is 0.561. The van der Waals surface area contributed by atoms with Crippen LogP contribution in [0.5, 0.6) is 0 Å². The number of carbonyl (C=O) groups excluding carboxylic acids is 1. The van der Waals surface area contributed by atoms with Gasteiger partial charge in [-0.1, -0.05) is 0 Å². The summed E-state index contributed by atoms with van der Waals surface area (Å²) in [4.78, 5) is 11.0. The molecule has 11 heavy (non-hydrogen) atoms. The molecule has 2 N–H and O–H groups in total. The van der Waals surface area contributed by atoms with Crippen molar-refractivity contribution in [3.8, 4) is 0 Å². The minimum Gasteiger partial charge on any atom is -0.332 e. The van der Waals surface area contributed by atoms with Crippen molar-refractivity contribution in [2.45, 2.75) is 26.3 Å². The zero-order valence-corrected chi connectivity index (χ0v) is 7.86. The highest BCUT2D eigenvalue weighted by molar-refractivity contribution is 5.73. The maximum absolute atomic E-state index is 11.0. The summed E-state index contributed by atoms with van der Waals surface area (Å²) in [5.41, 5.74) is 2.40. The van der Waals surface area contributed by atoms with Crippen LogP contribution in [0.25, 0.3) is 0 Å². The van der Waals surface area contributed by atoms with Crippen LogP contribution in [0.15, 0.2) is 0 Å². The highest BCUT2D eigenvalue weighted by Crippen LogP contribution is 1.96. The third-order valence-electron chi connectivity index (χ3n) is 0.814. The van der Waals surface area contributed by atoms with Gasteiger partial charge in [-0.05, 0) is 20.8 Å². The fourth-order valence-corrected chi connectivity index (χ4v) is 0.572. The lowest BCUT2D eigenvalue weighted by atomic mass is 10.1. The van der Waals surface area contributed by atoms with Gasteiger partial charge in [-0.15, -0.1) is 0 Å². The van der Waals surface area contributed by atoms with E-state index < -0.39 is 0 Å². The van der Waals surface area contributed by atoms with Crippen molar-refractivity contribution in [1.29, 1.82) is 0 Å². The van der Waals surface area contributed by atoms with E-state index in [9.17, 15) is 4.79 Å². The molecule has 0 unspecified atom stereocenters. The zero-order chi connectivity index (χ0) is 9.07. The molecule has 0 heterocycles. The second-order valence-electron chi connectivity index (χ2n) is 3.71. The Hall–Kier alpha value is -0.770. The van der Waals surface area contributed by atoms with Gasteiger partial charge in [0.05, 0.1) is 0 Å². The van der Waals surface area contributed by atoms with Crippen LogP contribution in [0, 0.1) is 0 Å². The van der Waals surface area contributed by atoms with Gasteiger partial charge in [0.2, 0.25) is 0 Å². The standard InChI is InChI=1S/C7H17N3O/c1-7(2,3)8-6(11)9-10(4)5/h1-5H3,(H2,8,9,11). The van der Waals surface area contributed by atoms with E-state index in [2.05, 4.69) is 10.7 Å². The quantitative estimate of drug-likeness (QED) is 0.549. The first-order chi connectivity index (χ1) is 4.81. The van der Waals surface area contributed by atoms with Gasteiger partial charge in [0, 0.05) is 19.6 Å². The maximum atomic E-state index is 11.0. The summed E-state index contributed by atoms with van der Waals surface area (Å²) in [6, 6.07) is -0.178. The van der Waals surface area contributed by atoms with Crippen LogP contribution in [0.1, 0.15) is 20.8 Å². The molecule has 4 heteroatoms. The first-order valence-corrected chi connectivity index (χ1v) is 3.57. The Morgan fingerprint density at radius 1 is 1.27 bits per heavy atom. The summed E-state index contributed by atoms with van der Waals surface area (Å²) in [6.45, 7) is 5.80. The molecule has 0 aromatic rings. The van der Waals surface area contributed by atoms with Crippen LogP contribution in [0.4, 0.5) is 4.79 Å². The lowest BCUT2D eigenvalue weighted by Gasteiger charge is -2.22. The fraction of sp³-hybridized carbons (Fsp3) is 0.857. The van der Waals surface area contributed by atoms with Gasteiger partial charge >= 0.3 is 6.03 Å². The van der Waals surface area contributed by atoms with Gasteiger partial charge in [0.25, 0.3) is 0 Å². The molecule has 0 saturated heterocycles. The number of amides is 2. The van der Waals surface area contributed by atoms with Gasteiger partial charge in [0.1, 0.15) is 0 Å². The Labute approximate surface area is 67.9 Å². The predicted molar refractivity (Wildman–Crippen MR) is 45.1 cm³/mol. The number of urea groups is 1. The molecule has 0 rings (SSSR count). The smallest absolute Gasteiger partial charge is 0.329 e. The lowest BCUT2D eigenvalue weighted by molar-refractivity contribution is 0.204. The van der Waals surface area contributed by atoms with Gasteiger partial charge < -0.3 is 5.32 Å². The van der Waals surface area contributed by atoms with E-state index in [0.717, 1.165) is 0 Å². The number of nitrogens with zero attached hydrogens (tertiary/aromatic N) is 1. The summed E-state index contributed by atoms with van der Waals surface area (Å²) in [7, 11) is 3.53. The number of carbonyl (C=O) groups is 1. The second kappa shape index (κ2) is 3.57. The summed E-state index contributed by atoms with van der Waals surface area (Å²) in [6.07, 6.45) is 0. The third-order valence-corrected chi connectivity index (χ3v) is 0.814. The maximum Gasteiger partial charge on any atom is 0.329 e. The first-order valence-electron chi connectivity index (χ1n) is 3.57. The SMILES string of the molecule is CN(C)NC(=O)NC(C)(C)C. The molecule has 2 amide bonds. The highest BCUT2D eigenvalue weighted by atomic mass is 16.2. The minimum absolute atomic E-state index is 0.178. The first kappa shape index (κ1) is 10.2. The minimum atomic E-state index is -0.180. The largest absolute Gasteiger partial charge is 0.332 e. The van der Waals surface area contributed by atoms with Gasteiger partial charge in [-0.25, -0.2) is 9.80 Å². The molecule has 0 aromatic carbocycles. The second-order valence-corrected chi connectivity index (χ2v) is 3.71. The van der Waals surface area contributed by atoms with E-state index in [4.69, 9.17) is 0 Å². The summed E-state index contributed by atoms with van der Waals surface area (Å²) in [5.74, 6) is 0. The van der Waals surface area contributed by atoms with Crippen molar-refractivity contribution < 1.29 is 4.79 Å². The number of nitrogens with one attached hydrogen (secondary N) is 2. The third kappa shape index (κ3) is 7.12. The molecule has 66 valence electrons. The van der Waals surface area contributed by atoms with Crippen molar-refractivity contribution >= 4 is 6.03 Å². The van der Waals surface area contributed by atoms with Crippen LogP contribution in [0.3, 0.4) is 0 Å². The lowest BCUT2D eigenvalue weighted by Crippen LogP contribution is -2.50. The van der Waals surface area contributed by atoms with E-state index in [1.807, 2.05) is 20.8 Å². The Kier molecular flexibility index (Phi) is 3.32. The summed E-state index contributed by atoms with van der Waals surface area (Å²) in [5, 5.41) is 4.36. The number of hydrazine groups is 1. The van der Waals surface area contributed by atoms with Crippen molar-refractivity contribution in [2.24, 2.45) is 0 Å². The molecule has 0 fully saturated rings. The van der Waals surface area contributed by atoms with E-state index in [-0.39, 0.29) is 11.6 Å². The van der Waals surface area contributed by atoms with Crippen molar-refractivity contribution in [1.82, 2.24) is 15.8 Å². The molecule has 0 aromatic heterocycles. The Bertz CT molecular complexity index is 137. The molecule has 0 spiro atoms. The zero-order valence-electron chi connectivity index (χ0n) is 7.86. The molecule has 0 aliphatic heterocycles. The molecular formula is C7H17N3O. The Morgan fingerprint density at radius 3 is 2.00 bits per heavy atom. The number of hydrogen-bond acceptors (Lipinski definition) is 2. The summed E-state index contributed by atoms with van der Waals surface area (Å²) >= 11 is 0. The normalized spacial score (nSPS) is 11.5. The molecular weight excluding hydrogens is 142 g/mol. The van der Waals surface area contributed by atoms with Gasteiger partial charge in [-0.2, -0.15) is 0 Å². The number of hydrogen-bond donors (Lipinski definition) is 2. The van der Waals surface area contributed by atoms with E-state index in [0.29, 0.717) is 0 Å². The van der Waals surface area contributed by atoms with Crippen molar-refractivity contribution in [3.63, 3.8) is 0 Å². The molecule has 0 bridgehead atoms. The van der Waals surface area contributed by atoms with Gasteiger partial charge in [0.15, 0.2) is 0 Å². The van der Waals surface area contributed by atoms with E-state index in [1.165, 1.54) is 0 Å². The number of rotatable bonds is 1. The van der Waals surface area contributed by atoms with Crippen LogP contribution in [-0.4, -0.2) is 30.7 Å². The van der Waals surface area contributed by atoms with Crippen molar-refractivity contribution in [3.05, 3.63) is 0 Å². The Morgan fingerprint density at radius 2 is 1.73 bits per heavy atom. The van der Waals surface area contributed by atoms with Crippen LogP contribution >= 0.6 is 0 Å². The van der Waals surface area contributed by atoms with E-state index in [1.54, 1.807) is 19.1 Å². The molecule has 0 radical (unpaired) electrons. The van der Waals surface area contributed by atoms with Crippen molar-refractivity contribution in [2.75, 3.05) is 14.1 Å². The molecule has 0 aliphatic rings. The summed E-state index contributed by atoms with van der Waals surface area (Å²) < 4.78 is 0. The van der Waals surface area contributed by atoms with Crippen LogP contribution in [-0.2, 0) is 0 Å². The van der Waals surface area contributed by atoms with Crippen LogP contribution in [0.2, 0.25) is 0 Å². The van der Waals surface area contributed by atoms with E-state index >= 15 is 0 Å². The Balaban J connectivity index is 3.71. The molecule has 4 nitrogen and oxygen atoms in total. The molecule has 0 aliphatic carbocycles. The fourth-order valence-electron chi connectivity index (χ4n) is 0.572. The van der Waals surface area contributed by atoms with Gasteiger partial charge in [-0.3, -0.25) is 5.43 Å². The monoisotopic (exact) mass is 159 g/mol. The average Bonchev–Trinajstić information content (AvgIpc) is 1.53.